The number of thiophene rings is 1. The summed E-state index contributed by atoms with van der Waals surface area (Å²) in [5.74, 6) is 0. The van der Waals surface area contributed by atoms with E-state index in [1.165, 1.54) is 11.3 Å². The normalized spacial score (nSPS) is 12.8. The molecule has 0 aliphatic heterocycles. The zero-order valence-electron chi connectivity index (χ0n) is 12.7. The Kier molecular flexibility index (Phi) is 6.53. The molecule has 0 atom stereocenters. The molecule has 0 aromatic carbocycles. The molecule has 1 rings (SSSR count). The van der Waals surface area contributed by atoms with Gasteiger partial charge in [0, 0.05) is 27.6 Å². The summed E-state index contributed by atoms with van der Waals surface area (Å²) in [7, 11) is -3.42. The van der Waals surface area contributed by atoms with E-state index in [0.717, 1.165) is 16.3 Å². The summed E-state index contributed by atoms with van der Waals surface area (Å²) in [6, 6.07) is 1.77. The Bertz CT molecular complexity index is 536. The summed E-state index contributed by atoms with van der Waals surface area (Å²) in [6.45, 7) is 9.95. The molecule has 0 saturated heterocycles. The zero-order valence-corrected chi connectivity index (χ0v) is 15.2. The lowest BCUT2D eigenvalue weighted by Crippen LogP contribution is -2.36. The van der Waals surface area contributed by atoms with Gasteiger partial charge in [-0.3, -0.25) is 0 Å². The Morgan fingerprint density at radius 2 is 2.05 bits per heavy atom. The molecule has 116 valence electrons. The van der Waals surface area contributed by atoms with Gasteiger partial charge in [0.15, 0.2) is 0 Å². The molecular formula is C13H24N2O2S3. The van der Waals surface area contributed by atoms with Crippen LogP contribution in [0.3, 0.4) is 0 Å². The third-order valence-electron chi connectivity index (χ3n) is 3.00. The molecular weight excluding hydrogens is 312 g/mol. The molecule has 1 aromatic heterocycles. The second kappa shape index (κ2) is 7.26. The molecule has 0 fully saturated rings. The highest BCUT2D eigenvalue weighted by Crippen LogP contribution is 2.26. The molecule has 7 heteroatoms. The van der Waals surface area contributed by atoms with Gasteiger partial charge in [-0.05, 0) is 39.6 Å². The third kappa shape index (κ3) is 5.04. The molecule has 0 saturated carbocycles. The van der Waals surface area contributed by atoms with Crippen LogP contribution in [0.2, 0.25) is 0 Å². The lowest BCUT2D eigenvalue weighted by Gasteiger charge is -2.22. The second-order valence-electron chi connectivity index (χ2n) is 5.20. The molecule has 0 spiro atoms. The molecule has 2 N–H and O–H groups in total. The fourth-order valence-corrected chi connectivity index (χ4v) is 4.67. The van der Waals surface area contributed by atoms with E-state index in [0.29, 0.717) is 18.0 Å². The van der Waals surface area contributed by atoms with Gasteiger partial charge >= 0.3 is 0 Å². The van der Waals surface area contributed by atoms with Gasteiger partial charge in [0.2, 0.25) is 10.0 Å². The van der Waals surface area contributed by atoms with E-state index in [2.05, 4.69) is 10.0 Å². The Morgan fingerprint density at radius 3 is 2.60 bits per heavy atom. The van der Waals surface area contributed by atoms with Crippen LogP contribution in [0.4, 0.5) is 0 Å². The monoisotopic (exact) mass is 336 g/mol. The van der Waals surface area contributed by atoms with Crippen LogP contribution in [0.1, 0.15) is 30.5 Å². The number of thioether (sulfide) groups is 1. The molecule has 0 amide bonds. The fourth-order valence-electron chi connectivity index (χ4n) is 1.55. The van der Waals surface area contributed by atoms with Crippen molar-refractivity contribution in [1.29, 1.82) is 0 Å². The van der Waals surface area contributed by atoms with Crippen molar-refractivity contribution in [1.82, 2.24) is 10.0 Å². The second-order valence-corrected chi connectivity index (χ2v) is 9.79. The predicted molar refractivity (Wildman–Crippen MR) is 89.2 cm³/mol. The predicted octanol–water partition coefficient (Wildman–Crippen LogP) is 2.59. The van der Waals surface area contributed by atoms with Crippen LogP contribution >= 0.6 is 23.1 Å². The maximum atomic E-state index is 12.4. The van der Waals surface area contributed by atoms with E-state index in [1.807, 2.05) is 34.0 Å². The smallest absolute Gasteiger partial charge is 0.241 e. The maximum Gasteiger partial charge on any atom is 0.241 e. The topological polar surface area (TPSA) is 58.2 Å². The van der Waals surface area contributed by atoms with Crippen molar-refractivity contribution in [2.45, 2.75) is 43.9 Å². The molecule has 0 aliphatic carbocycles. The van der Waals surface area contributed by atoms with Crippen LogP contribution in [-0.2, 0) is 16.6 Å². The van der Waals surface area contributed by atoms with Gasteiger partial charge in [-0.2, -0.15) is 11.8 Å². The Labute approximate surface area is 130 Å². The highest BCUT2D eigenvalue weighted by atomic mass is 32.2. The summed E-state index contributed by atoms with van der Waals surface area (Å²) >= 11 is 3.18. The van der Waals surface area contributed by atoms with E-state index in [-0.39, 0.29) is 4.75 Å². The lowest BCUT2D eigenvalue weighted by molar-refractivity contribution is 0.570. The summed E-state index contributed by atoms with van der Waals surface area (Å²) in [5, 5.41) is 3.21. The van der Waals surface area contributed by atoms with Crippen molar-refractivity contribution < 1.29 is 8.42 Å². The van der Waals surface area contributed by atoms with Gasteiger partial charge in [0.05, 0.1) is 4.90 Å². The summed E-state index contributed by atoms with van der Waals surface area (Å²) in [4.78, 5) is 2.30. The summed E-state index contributed by atoms with van der Waals surface area (Å²) in [5.41, 5.74) is 0. The van der Waals surface area contributed by atoms with Crippen molar-refractivity contribution in [2.24, 2.45) is 0 Å². The van der Waals surface area contributed by atoms with Crippen LogP contribution < -0.4 is 10.0 Å². The van der Waals surface area contributed by atoms with Gasteiger partial charge in [-0.25, -0.2) is 13.1 Å². The maximum absolute atomic E-state index is 12.4. The third-order valence-corrected chi connectivity index (χ3v) is 6.96. The summed E-state index contributed by atoms with van der Waals surface area (Å²) < 4.78 is 27.3. The molecule has 1 heterocycles. The summed E-state index contributed by atoms with van der Waals surface area (Å²) in [6.07, 6.45) is 1.98. The fraction of sp³-hybridized carbons (Fsp3) is 0.692. The molecule has 20 heavy (non-hydrogen) atoms. The average Bonchev–Trinajstić information content (AvgIpc) is 2.76. The van der Waals surface area contributed by atoms with E-state index >= 15 is 0 Å². The van der Waals surface area contributed by atoms with E-state index < -0.39 is 10.0 Å². The highest BCUT2D eigenvalue weighted by Gasteiger charge is 2.24. The Hall–Kier alpha value is -0.0800. The van der Waals surface area contributed by atoms with Crippen LogP contribution in [0, 0.1) is 6.92 Å². The lowest BCUT2D eigenvalue weighted by atomic mass is 10.2. The van der Waals surface area contributed by atoms with Crippen LogP contribution in [0.15, 0.2) is 11.0 Å². The molecule has 4 nitrogen and oxygen atoms in total. The quantitative estimate of drug-likeness (QED) is 0.766. The number of hydrogen-bond donors (Lipinski definition) is 2. The largest absolute Gasteiger partial charge is 0.312 e. The first kappa shape index (κ1) is 18.0. The molecule has 0 bridgehead atoms. The van der Waals surface area contributed by atoms with Gasteiger partial charge in [-0.15, -0.1) is 11.3 Å². The van der Waals surface area contributed by atoms with Crippen LogP contribution in [0.5, 0.6) is 0 Å². The number of nitrogens with one attached hydrogen (secondary N) is 2. The van der Waals surface area contributed by atoms with Crippen molar-refractivity contribution >= 4 is 33.1 Å². The van der Waals surface area contributed by atoms with Crippen LogP contribution in [-0.4, -0.2) is 32.5 Å². The van der Waals surface area contributed by atoms with Gasteiger partial charge in [0.1, 0.15) is 0 Å². The number of aryl methyl sites for hydroxylation is 1. The minimum absolute atomic E-state index is 0.108. The van der Waals surface area contributed by atoms with E-state index in [1.54, 1.807) is 17.8 Å². The van der Waals surface area contributed by atoms with Gasteiger partial charge in [-0.1, -0.05) is 6.92 Å². The molecule has 0 radical (unpaired) electrons. The SMILES string of the molecule is CCNCc1cc(S(=O)(=O)NCC(C)(C)SC)c(C)s1. The Morgan fingerprint density at radius 1 is 1.40 bits per heavy atom. The number of hydrogen-bond acceptors (Lipinski definition) is 5. The van der Waals surface area contributed by atoms with Crippen molar-refractivity contribution in [3.8, 4) is 0 Å². The standard InChI is InChI=1S/C13H24N2O2S3/c1-6-14-8-11-7-12(10(2)19-11)20(16,17)15-9-13(3,4)18-5/h7,14-15H,6,8-9H2,1-5H3. The van der Waals surface area contributed by atoms with E-state index in [9.17, 15) is 8.42 Å². The zero-order chi connectivity index (χ0) is 15.4. The Balaban J connectivity index is 2.84. The minimum atomic E-state index is -3.42. The first-order valence-electron chi connectivity index (χ1n) is 6.56. The van der Waals surface area contributed by atoms with Crippen molar-refractivity contribution in [3.05, 3.63) is 15.8 Å². The molecule has 0 unspecified atom stereocenters. The molecule has 0 aliphatic rings. The van der Waals surface area contributed by atoms with Gasteiger partial charge in [0.25, 0.3) is 0 Å². The number of rotatable bonds is 8. The average molecular weight is 337 g/mol. The molecule has 1 aromatic rings. The van der Waals surface area contributed by atoms with Gasteiger partial charge < -0.3 is 5.32 Å². The first-order chi connectivity index (χ1) is 9.22. The minimum Gasteiger partial charge on any atom is -0.312 e. The van der Waals surface area contributed by atoms with E-state index in [4.69, 9.17) is 0 Å². The van der Waals surface area contributed by atoms with Crippen molar-refractivity contribution in [3.63, 3.8) is 0 Å². The number of sulfonamides is 1. The first-order valence-corrected chi connectivity index (χ1v) is 10.1. The van der Waals surface area contributed by atoms with Crippen LogP contribution in [0.25, 0.3) is 0 Å². The van der Waals surface area contributed by atoms with Crippen molar-refractivity contribution in [2.75, 3.05) is 19.3 Å². The highest BCUT2D eigenvalue weighted by molar-refractivity contribution is 8.00.